The number of hydrogen-bond acceptors (Lipinski definition) is 3. The maximum Gasteiger partial charge on any atom is 0.328 e. The molecule has 1 atom stereocenters. The lowest BCUT2D eigenvalue weighted by molar-refractivity contribution is -0.131. The molecule has 1 aliphatic rings. The molecule has 0 saturated heterocycles. The third-order valence-corrected chi connectivity index (χ3v) is 3.47. The molecule has 1 fully saturated rings. The van der Waals surface area contributed by atoms with Gasteiger partial charge in [-0.2, -0.15) is 0 Å². The molecule has 106 valence electrons. The number of nitrogens with one attached hydrogen (secondary N) is 1. The molecule has 20 heavy (non-hydrogen) atoms. The molecule has 1 aromatic heterocycles. The highest BCUT2D eigenvalue weighted by atomic mass is 16.4. The second-order valence-corrected chi connectivity index (χ2v) is 5.14. The fourth-order valence-corrected chi connectivity index (χ4v) is 2.07. The molecule has 2 N–H and O–H groups in total. The van der Waals surface area contributed by atoms with E-state index in [1.54, 1.807) is 12.1 Å². The molecule has 0 aromatic carbocycles. The van der Waals surface area contributed by atoms with Crippen LogP contribution < -0.4 is 5.32 Å². The number of hydrogen-bond donors (Lipinski definition) is 2. The van der Waals surface area contributed by atoms with Crippen molar-refractivity contribution in [2.75, 3.05) is 6.54 Å². The highest BCUT2D eigenvalue weighted by Gasteiger charge is 2.28. The summed E-state index contributed by atoms with van der Waals surface area (Å²) in [4.78, 5) is 26.7. The SMILES string of the molecule is CC(CNC(=O)c1ncccc1/C=C/C(=O)O)C1CC1. The van der Waals surface area contributed by atoms with Crippen molar-refractivity contribution in [3.8, 4) is 0 Å². The Balaban J connectivity index is 2.02. The van der Waals surface area contributed by atoms with E-state index >= 15 is 0 Å². The minimum Gasteiger partial charge on any atom is -0.478 e. The van der Waals surface area contributed by atoms with Gasteiger partial charge in [0.1, 0.15) is 5.69 Å². The number of aliphatic carboxylic acids is 1. The summed E-state index contributed by atoms with van der Waals surface area (Å²) in [7, 11) is 0. The molecule has 1 aromatic rings. The molecule has 1 amide bonds. The van der Waals surface area contributed by atoms with Crippen molar-refractivity contribution in [2.45, 2.75) is 19.8 Å². The zero-order chi connectivity index (χ0) is 14.5. The predicted molar refractivity (Wildman–Crippen MR) is 75.1 cm³/mol. The quantitative estimate of drug-likeness (QED) is 0.777. The topological polar surface area (TPSA) is 79.3 Å². The van der Waals surface area contributed by atoms with E-state index in [0.29, 0.717) is 18.0 Å². The summed E-state index contributed by atoms with van der Waals surface area (Å²) >= 11 is 0. The molecule has 1 unspecified atom stereocenters. The molecular formula is C15H18N2O3. The number of carbonyl (C=O) groups is 2. The highest BCUT2D eigenvalue weighted by Crippen LogP contribution is 2.36. The summed E-state index contributed by atoms with van der Waals surface area (Å²) in [5, 5.41) is 11.5. The smallest absolute Gasteiger partial charge is 0.328 e. The van der Waals surface area contributed by atoms with Crippen molar-refractivity contribution >= 4 is 18.0 Å². The lowest BCUT2D eigenvalue weighted by Crippen LogP contribution is -2.30. The van der Waals surface area contributed by atoms with E-state index in [1.807, 2.05) is 0 Å². The highest BCUT2D eigenvalue weighted by molar-refractivity contribution is 5.97. The molecule has 1 heterocycles. The standard InChI is InChI=1S/C15H18N2O3/c1-10(11-4-5-11)9-17-15(20)14-12(3-2-8-16-14)6-7-13(18)19/h2-3,6-8,10-11H,4-5,9H2,1H3,(H,17,20)(H,18,19)/b7-6+. The second kappa shape index (κ2) is 6.32. The normalized spacial score (nSPS) is 16.1. The van der Waals surface area contributed by atoms with Crippen LogP contribution in [0.1, 0.15) is 35.8 Å². The van der Waals surface area contributed by atoms with Crippen LogP contribution in [0.25, 0.3) is 6.08 Å². The maximum absolute atomic E-state index is 12.1. The van der Waals surface area contributed by atoms with E-state index in [1.165, 1.54) is 25.1 Å². The van der Waals surface area contributed by atoms with Gasteiger partial charge in [0.25, 0.3) is 5.91 Å². The molecule has 1 saturated carbocycles. The Morgan fingerprint density at radius 2 is 2.30 bits per heavy atom. The number of aromatic nitrogens is 1. The fraction of sp³-hybridized carbons (Fsp3) is 0.400. The van der Waals surface area contributed by atoms with Crippen LogP contribution >= 0.6 is 0 Å². The number of amides is 1. The lowest BCUT2D eigenvalue weighted by Gasteiger charge is -2.11. The summed E-state index contributed by atoms with van der Waals surface area (Å²) < 4.78 is 0. The number of rotatable bonds is 6. The number of nitrogens with zero attached hydrogens (tertiary/aromatic N) is 1. The Morgan fingerprint density at radius 1 is 1.55 bits per heavy atom. The second-order valence-electron chi connectivity index (χ2n) is 5.14. The van der Waals surface area contributed by atoms with E-state index < -0.39 is 5.97 Å². The molecule has 2 rings (SSSR count). The molecule has 5 nitrogen and oxygen atoms in total. The molecule has 1 aliphatic carbocycles. The van der Waals surface area contributed by atoms with Crippen molar-refractivity contribution in [3.63, 3.8) is 0 Å². The first-order valence-corrected chi connectivity index (χ1v) is 6.72. The van der Waals surface area contributed by atoms with E-state index in [4.69, 9.17) is 5.11 Å². The largest absolute Gasteiger partial charge is 0.478 e. The number of carbonyl (C=O) groups excluding carboxylic acids is 1. The average Bonchev–Trinajstić information content (AvgIpc) is 3.27. The van der Waals surface area contributed by atoms with Gasteiger partial charge in [-0.05, 0) is 36.8 Å². The maximum atomic E-state index is 12.1. The van der Waals surface area contributed by atoms with Gasteiger partial charge in [0.2, 0.25) is 0 Å². The van der Waals surface area contributed by atoms with Gasteiger partial charge < -0.3 is 10.4 Å². The van der Waals surface area contributed by atoms with Gasteiger partial charge in [-0.1, -0.05) is 13.0 Å². The first-order chi connectivity index (χ1) is 9.58. The Bertz CT molecular complexity index is 536. The van der Waals surface area contributed by atoms with Crippen LogP contribution in [0.4, 0.5) is 0 Å². The Labute approximate surface area is 117 Å². The summed E-state index contributed by atoms with van der Waals surface area (Å²) in [6, 6.07) is 3.34. The summed E-state index contributed by atoms with van der Waals surface area (Å²) in [6.45, 7) is 2.75. The minimum absolute atomic E-state index is 0.257. The predicted octanol–water partition coefficient (Wildman–Crippen LogP) is 1.96. The van der Waals surface area contributed by atoms with Crippen LogP contribution in [0, 0.1) is 11.8 Å². The van der Waals surface area contributed by atoms with Gasteiger partial charge in [-0.3, -0.25) is 9.78 Å². The first kappa shape index (κ1) is 14.2. The van der Waals surface area contributed by atoms with Gasteiger partial charge in [-0.15, -0.1) is 0 Å². The number of carboxylic acids is 1. The molecule has 0 bridgehead atoms. The van der Waals surface area contributed by atoms with Gasteiger partial charge >= 0.3 is 5.97 Å². The third kappa shape index (κ3) is 3.91. The van der Waals surface area contributed by atoms with Gasteiger partial charge in [0.05, 0.1) is 0 Å². The van der Waals surface area contributed by atoms with Crippen molar-refractivity contribution < 1.29 is 14.7 Å². The minimum atomic E-state index is -1.05. The van der Waals surface area contributed by atoms with Crippen LogP contribution in [-0.4, -0.2) is 28.5 Å². The summed E-state index contributed by atoms with van der Waals surface area (Å²) in [6.07, 6.45) is 6.40. The fourth-order valence-electron chi connectivity index (χ4n) is 2.07. The van der Waals surface area contributed by atoms with Gasteiger partial charge in [0.15, 0.2) is 0 Å². The Kier molecular flexibility index (Phi) is 4.50. The van der Waals surface area contributed by atoms with Crippen LogP contribution in [-0.2, 0) is 4.79 Å². The van der Waals surface area contributed by atoms with Crippen LogP contribution in [0.5, 0.6) is 0 Å². The van der Waals surface area contributed by atoms with Crippen molar-refractivity contribution in [2.24, 2.45) is 11.8 Å². The van der Waals surface area contributed by atoms with Gasteiger partial charge in [-0.25, -0.2) is 4.79 Å². The first-order valence-electron chi connectivity index (χ1n) is 6.72. The zero-order valence-electron chi connectivity index (χ0n) is 11.4. The van der Waals surface area contributed by atoms with Crippen molar-refractivity contribution in [1.29, 1.82) is 0 Å². The van der Waals surface area contributed by atoms with Crippen LogP contribution in [0.15, 0.2) is 24.4 Å². The molecule has 0 radical (unpaired) electrons. The lowest BCUT2D eigenvalue weighted by atomic mass is 10.1. The third-order valence-electron chi connectivity index (χ3n) is 3.47. The van der Waals surface area contributed by atoms with Crippen molar-refractivity contribution in [1.82, 2.24) is 10.3 Å². The molecule has 5 heteroatoms. The Hall–Kier alpha value is -2.17. The number of carboxylic acid groups (broad SMARTS) is 1. The summed E-state index contributed by atoms with van der Waals surface area (Å²) in [5.74, 6) is -0.114. The molecule has 0 aliphatic heterocycles. The number of pyridine rings is 1. The van der Waals surface area contributed by atoms with E-state index in [0.717, 1.165) is 12.0 Å². The Morgan fingerprint density at radius 3 is 2.95 bits per heavy atom. The average molecular weight is 274 g/mol. The van der Waals surface area contributed by atoms with Gasteiger partial charge in [0, 0.05) is 24.4 Å². The van der Waals surface area contributed by atoms with E-state index in [2.05, 4.69) is 17.2 Å². The van der Waals surface area contributed by atoms with Crippen molar-refractivity contribution in [3.05, 3.63) is 35.7 Å². The van der Waals surface area contributed by atoms with Crippen LogP contribution in [0.3, 0.4) is 0 Å². The van der Waals surface area contributed by atoms with Crippen LogP contribution in [0.2, 0.25) is 0 Å². The molecular weight excluding hydrogens is 256 g/mol. The van der Waals surface area contributed by atoms with E-state index in [-0.39, 0.29) is 11.6 Å². The molecule has 0 spiro atoms. The zero-order valence-corrected chi connectivity index (χ0v) is 11.4. The summed E-state index contributed by atoms with van der Waals surface area (Å²) in [5.41, 5.74) is 0.763. The van der Waals surface area contributed by atoms with E-state index in [9.17, 15) is 9.59 Å². The monoisotopic (exact) mass is 274 g/mol.